The predicted molar refractivity (Wildman–Crippen MR) is 145 cm³/mol. The van der Waals surface area contributed by atoms with Crippen LogP contribution in [0, 0.1) is 0 Å². The van der Waals surface area contributed by atoms with E-state index >= 15 is 0 Å². The molecule has 0 amide bonds. The van der Waals surface area contributed by atoms with Crippen LogP contribution in [0.3, 0.4) is 0 Å². The number of nitrogens with one attached hydrogen (secondary N) is 4. The van der Waals surface area contributed by atoms with Crippen LogP contribution in [0.4, 0.5) is 64.1 Å². The minimum absolute atomic E-state index is 0.0260. The SMILES string of the molecule is FC(F)(F)c1cc(NC(=S)NCc2cccc(CNC(=S)Nc3cc(C(F)(F)F)cc(C(F)(F)F)c3)c2)cc(C(F)(F)F)c1. The van der Waals surface area contributed by atoms with Crippen molar-refractivity contribution in [3.8, 4) is 0 Å². The van der Waals surface area contributed by atoms with E-state index in [1.807, 2.05) is 0 Å². The molecule has 3 aromatic rings. The molecule has 0 fully saturated rings. The molecule has 0 aliphatic rings. The molecule has 18 heteroatoms. The van der Waals surface area contributed by atoms with Crippen LogP contribution in [-0.4, -0.2) is 10.2 Å². The first-order chi connectivity index (χ1) is 20.1. The summed E-state index contributed by atoms with van der Waals surface area (Å²) in [4.78, 5) is 0. The Kier molecular flexibility index (Phi) is 10.3. The third-order valence-corrected chi connectivity index (χ3v) is 6.08. The zero-order valence-corrected chi connectivity index (χ0v) is 23.2. The molecular formula is C26H18F12N4S2. The number of hydrogen-bond acceptors (Lipinski definition) is 2. The molecule has 0 heterocycles. The number of alkyl halides is 12. The molecule has 238 valence electrons. The van der Waals surface area contributed by atoms with Crippen LogP contribution < -0.4 is 21.3 Å². The van der Waals surface area contributed by atoms with Crippen LogP contribution in [0.1, 0.15) is 33.4 Å². The van der Waals surface area contributed by atoms with Crippen molar-refractivity contribution in [3.05, 3.63) is 94.0 Å². The van der Waals surface area contributed by atoms with Crippen molar-refractivity contribution >= 4 is 46.0 Å². The van der Waals surface area contributed by atoms with Gasteiger partial charge in [-0.3, -0.25) is 0 Å². The number of rotatable bonds is 6. The Labute approximate surface area is 251 Å². The zero-order valence-electron chi connectivity index (χ0n) is 21.5. The van der Waals surface area contributed by atoms with Crippen LogP contribution in [0.2, 0.25) is 0 Å². The molecule has 0 aliphatic heterocycles. The minimum Gasteiger partial charge on any atom is -0.358 e. The second-order valence-corrected chi connectivity index (χ2v) is 9.84. The molecule has 0 saturated heterocycles. The van der Waals surface area contributed by atoms with Crippen molar-refractivity contribution in [3.63, 3.8) is 0 Å². The summed E-state index contributed by atoms with van der Waals surface area (Å²) in [7, 11) is 0. The summed E-state index contributed by atoms with van der Waals surface area (Å²) in [5.74, 6) is 0. The molecule has 4 N–H and O–H groups in total. The summed E-state index contributed by atoms with van der Waals surface area (Å²) < 4.78 is 157. The number of anilines is 2. The summed E-state index contributed by atoms with van der Waals surface area (Å²) in [6.07, 6.45) is -20.2. The smallest absolute Gasteiger partial charge is 0.358 e. The van der Waals surface area contributed by atoms with Crippen molar-refractivity contribution in [2.24, 2.45) is 0 Å². The van der Waals surface area contributed by atoms with Gasteiger partial charge in [-0.05, 0) is 72.0 Å². The first-order valence-corrected chi connectivity index (χ1v) is 12.7. The van der Waals surface area contributed by atoms with Gasteiger partial charge in [0, 0.05) is 24.5 Å². The average molecular weight is 679 g/mol. The van der Waals surface area contributed by atoms with Crippen molar-refractivity contribution in [2.75, 3.05) is 10.6 Å². The maximum atomic E-state index is 13.1. The molecule has 0 bridgehead atoms. The lowest BCUT2D eigenvalue weighted by Gasteiger charge is -2.17. The van der Waals surface area contributed by atoms with E-state index in [1.165, 1.54) is 0 Å². The van der Waals surface area contributed by atoms with Crippen molar-refractivity contribution in [1.82, 2.24) is 10.6 Å². The van der Waals surface area contributed by atoms with E-state index in [4.69, 9.17) is 24.4 Å². The van der Waals surface area contributed by atoms with E-state index in [0.29, 0.717) is 35.4 Å². The molecule has 44 heavy (non-hydrogen) atoms. The van der Waals surface area contributed by atoms with Gasteiger partial charge in [0.2, 0.25) is 0 Å². The van der Waals surface area contributed by atoms with Crippen LogP contribution in [0.5, 0.6) is 0 Å². The fourth-order valence-corrected chi connectivity index (χ4v) is 4.00. The number of halogens is 12. The van der Waals surface area contributed by atoms with Gasteiger partial charge < -0.3 is 21.3 Å². The van der Waals surface area contributed by atoms with E-state index in [-0.39, 0.29) is 35.4 Å². The molecular weight excluding hydrogens is 660 g/mol. The van der Waals surface area contributed by atoms with Gasteiger partial charge in [0.05, 0.1) is 22.3 Å². The highest BCUT2D eigenvalue weighted by atomic mass is 32.1. The lowest BCUT2D eigenvalue weighted by molar-refractivity contribution is -0.144. The topological polar surface area (TPSA) is 48.1 Å². The summed E-state index contributed by atoms with van der Waals surface area (Å²) in [5.41, 5.74) is -6.13. The van der Waals surface area contributed by atoms with Gasteiger partial charge in [-0.25, -0.2) is 0 Å². The van der Waals surface area contributed by atoms with Crippen LogP contribution in [0.25, 0.3) is 0 Å². The fraction of sp³-hybridized carbons (Fsp3) is 0.231. The quantitative estimate of drug-likeness (QED) is 0.155. The van der Waals surface area contributed by atoms with Crippen LogP contribution >= 0.6 is 24.4 Å². The second kappa shape index (κ2) is 13.1. The number of hydrogen-bond donors (Lipinski definition) is 4. The Morgan fingerprint density at radius 1 is 0.477 bits per heavy atom. The summed E-state index contributed by atoms with van der Waals surface area (Å²) >= 11 is 9.98. The van der Waals surface area contributed by atoms with Gasteiger partial charge in [0.15, 0.2) is 10.2 Å². The fourth-order valence-electron chi connectivity index (χ4n) is 3.62. The number of benzene rings is 3. The van der Waals surface area contributed by atoms with E-state index < -0.39 is 58.3 Å². The largest absolute Gasteiger partial charge is 0.416 e. The third kappa shape index (κ3) is 10.1. The van der Waals surface area contributed by atoms with Gasteiger partial charge in [-0.2, -0.15) is 52.7 Å². The Morgan fingerprint density at radius 3 is 1.05 bits per heavy atom. The second-order valence-electron chi connectivity index (χ2n) is 9.02. The Morgan fingerprint density at radius 2 is 0.773 bits per heavy atom. The van der Waals surface area contributed by atoms with E-state index in [2.05, 4.69) is 21.3 Å². The van der Waals surface area contributed by atoms with Gasteiger partial charge in [-0.15, -0.1) is 0 Å². The van der Waals surface area contributed by atoms with Gasteiger partial charge in [0.25, 0.3) is 0 Å². The molecule has 0 spiro atoms. The zero-order chi connectivity index (χ0) is 33.1. The number of thiocarbonyl (C=S) groups is 2. The Bertz CT molecular complexity index is 1340. The molecule has 0 saturated carbocycles. The van der Waals surface area contributed by atoms with Crippen LogP contribution in [-0.2, 0) is 37.8 Å². The Hall–Kier alpha value is -3.80. The first-order valence-electron chi connectivity index (χ1n) is 11.9. The molecule has 0 radical (unpaired) electrons. The Balaban J connectivity index is 1.61. The van der Waals surface area contributed by atoms with Gasteiger partial charge in [0.1, 0.15) is 0 Å². The lowest BCUT2D eigenvalue weighted by atomic mass is 10.1. The predicted octanol–water partition coefficient (Wildman–Crippen LogP) is 8.73. The molecule has 3 rings (SSSR count). The first kappa shape index (κ1) is 34.7. The molecule has 0 aromatic heterocycles. The van der Waals surface area contributed by atoms with Gasteiger partial charge >= 0.3 is 24.7 Å². The molecule has 3 aromatic carbocycles. The molecule has 0 aliphatic carbocycles. The van der Waals surface area contributed by atoms with Crippen LogP contribution in [0.15, 0.2) is 60.7 Å². The highest BCUT2D eigenvalue weighted by Crippen LogP contribution is 2.39. The lowest BCUT2D eigenvalue weighted by Crippen LogP contribution is -2.29. The highest BCUT2D eigenvalue weighted by Gasteiger charge is 2.38. The van der Waals surface area contributed by atoms with E-state index in [1.54, 1.807) is 24.3 Å². The third-order valence-electron chi connectivity index (χ3n) is 5.59. The maximum Gasteiger partial charge on any atom is 0.416 e. The average Bonchev–Trinajstić information content (AvgIpc) is 2.89. The monoisotopic (exact) mass is 678 g/mol. The van der Waals surface area contributed by atoms with Crippen molar-refractivity contribution in [2.45, 2.75) is 37.8 Å². The molecule has 0 atom stereocenters. The normalized spacial score (nSPS) is 12.5. The van der Waals surface area contributed by atoms with Crippen molar-refractivity contribution in [1.29, 1.82) is 0 Å². The summed E-state index contributed by atoms with van der Waals surface area (Å²) in [6, 6.07) is 8.18. The van der Waals surface area contributed by atoms with E-state index in [0.717, 1.165) is 0 Å². The standard InChI is InChI=1S/C26H18F12N4S2/c27-23(28,29)15-5-16(24(30,31)32)8-19(7-15)41-21(43)39-11-13-2-1-3-14(4-13)12-40-22(44)42-20-9-17(25(33,34)35)6-18(10-20)26(36,37)38/h1-10H,11-12H2,(H2,39,41,43)(H2,40,42,44). The maximum absolute atomic E-state index is 13.1. The molecule has 0 unspecified atom stereocenters. The van der Waals surface area contributed by atoms with Gasteiger partial charge in [-0.1, -0.05) is 24.3 Å². The van der Waals surface area contributed by atoms with E-state index in [9.17, 15) is 52.7 Å². The molecule has 4 nitrogen and oxygen atoms in total. The minimum atomic E-state index is -5.04. The highest BCUT2D eigenvalue weighted by molar-refractivity contribution is 7.80. The summed E-state index contributed by atoms with van der Waals surface area (Å²) in [5, 5.41) is 9.27. The summed E-state index contributed by atoms with van der Waals surface area (Å²) in [6.45, 7) is -0.0597. The van der Waals surface area contributed by atoms with Crippen molar-refractivity contribution < 1.29 is 52.7 Å².